The van der Waals surface area contributed by atoms with Crippen LogP contribution in [-0.2, 0) is 6.42 Å². The van der Waals surface area contributed by atoms with Crippen molar-refractivity contribution < 1.29 is 9.18 Å². The molecule has 24 heavy (non-hydrogen) atoms. The van der Waals surface area contributed by atoms with Gasteiger partial charge >= 0.3 is 0 Å². The van der Waals surface area contributed by atoms with Gasteiger partial charge in [-0.2, -0.15) is 0 Å². The van der Waals surface area contributed by atoms with Crippen LogP contribution in [0, 0.1) is 5.82 Å². The van der Waals surface area contributed by atoms with Crippen LogP contribution in [0.1, 0.15) is 32.4 Å². The van der Waals surface area contributed by atoms with Gasteiger partial charge in [0.15, 0.2) is 0 Å². The average molecular weight is 337 g/mol. The molecule has 0 spiro atoms. The van der Waals surface area contributed by atoms with Gasteiger partial charge < -0.3 is 4.90 Å². The van der Waals surface area contributed by atoms with E-state index >= 15 is 0 Å². The molecule has 2 aromatic carbocycles. The van der Waals surface area contributed by atoms with Crippen LogP contribution in [0.5, 0.6) is 0 Å². The maximum absolute atomic E-state index is 13.5. The average Bonchev–Trinajstić information content (AvgIpc) is 3.09. The Hall–Kier alpha value is -2.46. The highest BCUT2D eigenvalue weighted by Crippen LogP contribution is 2.38. The van der Waals surface area contributed by atoms with E-state index in [1.165, 1.54) is 22.6 Å². The number of carbonyl (C=O) groups is 1. The van der Waals surface area contributed by atoms with Crippen molar-refractivity contribution in [1.82, 2.24) is 4.90 Å². The maximum atomic E-state index is 13.5. The normalized spacial score (nSPS) is 16.7. The van der Waals surface area contributed by atoms with Crippen molar-refractivity contribution in [2.75, 3.05) is 6.54 Å². The Bertz CT molecular complexity index is 874. The molecule has 1 aromatic heterocycles. The Morgan fingerprint density at radius 1 is 1.08 bits per heavy atom. The molecule has 0 N–H and O–H groups in total. The van der Waals surface area contributed by atoms with Crippen LogP contribution >= 0.6 is 11.3 Å². The number of carbonyl (C=O) groups excluding carboxylic acids is 1. The summed E-state index contributed by atoms with van der Waals surface area (Å²) >= 11 is 1.74. The first-order chi connectivity index (χ1) is 11.7. The van der Waals surface area contributed by atoms with Crippen LogP contribution in [0.25, 0.3) is 0 Å². The first kappa shape index (κ1) is 15.1. The standard InChI is InChI=1S/C20H16FNOS/c21-16-8-4-7-15(13-16)20(23)22-11-9-18-17(10-12-24-18)19(22)14-5-2-1-3-6-14/h1-8,10,12-13,19H,9,11H2. The topological polar surface area (TPSA) is 20.3 Å². The molecule has 1 unspecified atom stereocenters. The lowest BCUT2D eigenvalue weighted by Crippen LogP contribution is -2.40. The smallest absolute Gasteiger partial charge is 0.254 e. The van der Waals surface area contributed by atoms with Crippen molar-refractivity contribution in [3.63, 3.8) is 0 Å². The highest BCUT2D eigenvalue weighted by atomic mass is 32.1. The summed E-state index contributed by atoms with van der Waals surface area (Å²) in [6, 6.07) is 18.0. The number of halogens is 1. The molecule has 4 rings (SSSR count). The van der Waals surface area contributed by atoms with Gasteiger partial charge in [0.1, 0.15) is 5.82 Å². The number of nitrogens with zero attached hydrogens (tertiary/aromatic N) is 1. The van der Waals surface area contributed by atoms with Gasteiger partial charge in [0, 0.05) is 17.0 Å². The van der Waals surface area contributed by atoms with E-state index in [1.54, 1.807) is 23.5 Å². The molecule has 1 amide bonds. The zero-order valence-corrected chi connectivity index (χ0v) is 13.8. The Balaban J connectivity index is 1.78. The van der Waals surface area contributed by atoms with Crippen LogP contribution in [0.4, 0.5) is 4.39 Å². The third-order valence-electron chi connectivity index (χ3n) is 4.41. The van der Waals surface area contributed by atoms with E-state index in [0.29, 0.717) is 12.1 Å². The predicted molar refractivity (Wildman–Crippen MR) is 93.7 cm³/mol. The maximum Gasteiger partial charge on any atom is 0.254 e. The van der Waals surface area contributed by atoms with Crippen molar-refractivity contribution in [2.45, 2.75) is 12.5 Å². The molecule has 1 aliphatic rings. The molecule has 0 aliphatic carbocycles. The van der Waals surface area contributed by atoms with E-state index in [-0.39, 0.29) is 17.8 Å². The SMILES string of the molecule is O=C(c1cccc(F)c1)N1CCc2sccc2C1c1ccccc1. The minimum atomic E-state index is -0.384. The van der Waals surface area contributed by atoms with Crippen molar-refractivity contribution in [3.8, 4) is 0 Å². The molecular formula is C20H16FNOS. The van der Waals surface area contributed by atoms with Crippen molar-refractivity contribution >= 4 is 17.2 Å². The van der Waals surface area contributed by atoms with E-state index in [4.69, 9.17) is 0 Å². The van der Waals surface area contributed by atoms with Gasteiger partial charge in [0.25, 0.3) is 5.91 Å². The van der Waals surface area contributed by atoms with Crippen molar-refractivity contribution in [3.05, 3.63) is 93.4 Å². The second kappa shape index (κ2) is 6.21. The van der Waals surface area contributed by atoms with Crippen LogP contribution in [0.2, 0.25) is 0 Å². The van der Waals surface area contributed by atoms with E-state index in [2.05, 4.69) is 11.4 Å². The van der Waals surface area contributed by atoms with Crippen molar-refractivity contribution in [1.29, 1.82) is 0 Å². The molecule has 4 heteroatoms. The highest BCUT2D eigenvalue weighted by molar-refractivity contribution is 7.10. The summed E-state index contributed by atoms with van der Waals surface area (Å²) in [5.41, 5.74) is 2.67. The lowest BCUT2D eigenvalue weighted by Gasteiger charge is -2.36. The quantitative estimate of drug-likeness (QED) is 0.665. The Morgan fingerprint density at radius 2 is 1.92 bits per heavy atom. The second-order valence-electron chi connectivity index (χ2n) is 5.87. The lowest BCUT2D eigenvalue weighted by molar-refractivity contribution is 0.0695. The van der Waals surface area contributed by atoms with Crippen LogP contribution in [-0.4, -0.2) is 17.4 Å². The molecule has 0 fully saturated rings. The third-order valence-corrected chi connectivity index (χ3v) is 5.41. The van der Waals surface area contributed by atoms with Gasteiger partial charge in [-0.15, -0.1) is 11.3 Å². The Morgan fingerprint density at radius 3 is 2.71 bits per heavy atom. The number of fused-ring (bicyclic) bond motifs is 1. The summed E-state index contributed by atoms with van der Waals surface area (Å²) in [5.74, 6) is -0.509. The number of hydrogen-bond acceptors (Lipinski definition) is 2. The van der Waals surface area contributed by atoms with E-state index < -0.39 is 0 Å². The largest absolute Gasteiger partial charge is 0.327 e. The summed E-state index contributed by atoms with van der Waals surface area (Å²) in [6.45, 7) is 0.641. The van der Waals surface area contributed by atoms with Crippen LogP contribution < -0.4 is 0 Å². The molecule has 1 atom stereocenters. The molecule has 120 valence electrons. The van der Waals surface area contributed by atoms with Gasteiger partial charge in [-0.25, -0.2) is 4.39 Å². The van der Waals surface area contributed by atoms with Gasteiger partial charge in [-0.1, -0.05) is 36.4 Å². The molecule has 0 bridgehead atoms. The van der Waals surface area contributed by atoms with Crippen molar-refractivity contribution in [2.24, 2.45) is 0 Å². The van der Waals surface area contributed by atoms with E-state index in [1.807, 2.05) is 35.2 Å². The molecule has 2 nitrogen and oxygen atoms in total. The van der Waals surface area contributed by atoms with Crippen LogP contribution in [0.15, 0.2) is 66.0 Å². The van der Waals surface area contributed by atoms with Gasteiger partial charge in [0.2, 0.25) is 0 Å². The molecular weight excluding hydrogens is 321 g/mol. The summed E-state index contributed by atoms with van der Waals surface area (Å²) in [4.78, 5) is 16.2. The summed E-state index contributed by atoms with van der Waals surface area (Å²) in [5, 5.41) is 2.08. The summed E-state index contributed by atoms with van der Waals surface area (Å²) < 4.78 is 13.5. The second-order valence-corrected chi connectivity index (χ2v) is 6.87. The fourth-order valence-electron chi connectivity index (χ4n) is 3.32. The monoisotopic (exact) mass is 337 g/mol. The van der Waals surface area contributed by atoms with Crippen LogP contribution in [0.3, 0.4) is 0 Å². The Labute approximate surface area is 144 Å². The minimum Gasteiger partial charge on any atom is -0.327 e. The fourth-order valence-corrected chi connectivity index (χ4v) is 4.22. The van der Waals surface area contributed by atoms with E-state index in [9.17, 15) is 9.18 Å². The molecule has 0 radical (unpaired) electrons. The van der Waals surface area contributed by atoms with E-state index in [0.717, 1.165) is 12.0 Å². The molecule has 1 aliphatic heterocycles. The zero-order chi connectivity index (χ0) is 16.5. The third kappa shape index (κ3) is 2.63. The molecule has 0 saturated carbocycles. The fraction of sp³-hybridized carbons (Fsp3) is 0.150. The number of amides is 1. The number of rotatable bonds is 2. The van der Waals surface area contributed by atoms with Gasteiger partial charge in [-0.05, 0) is 47.2 Å². The highest BCUT2D eigenvalue weighted by Gasteiger charge is 2.33. The molecule has 3 aromatic rings. The number of benzene rings is 2. The lowest BCUT2D eigenvalue weighted by atomic mass is 9.92. The zero-order valence-electron chi connectivity index (χ0n) is 13.0. The minimum absolute atomic E-state index is 0.114. The van der Waals surface area contributed by atoms with Gasteiger partial charge in [0.05, 0.1) is 6.04 Å². The number of hydrogen-bond donors (Lipinski definition) is 0. The molecule has 0 saturated heterocycles. The summed E-state index contributed by atoms with van der Waals surface area (Å²) in [6.07, 6.45) is 0.845. The first-order valence-corrected chi connectivity index (χ1v) is 8.80. The first-order valence-electron chi connectivity index (χ1n) is 7.92. The van der Waals surface area contributed by atoms with Gasteiger partial charge in [-0.3, -0.25) is 4.79 Å². The predicted octanol–water partition coefficient (Wildman–Crippen LogP) is 4.68. The Kier molecular flexibility index (Phi) is 3.90. The molecule has 2 heterocycles. The summed E-state index contributed by atoms with van der Waals surface area (Å²) in [7, 11) is 0. The number of thiophene rings is 1.